The average molecular weight is 205 g/mol. The van der Waals surface area contributed by atoms with Gasteiger partial charge >= 0.3 is 0 Å². The molecule has 0 radical (unpaired) electrons. The van der Waals surface area contributed by atoms with Crippen molar-refractivity contribution in [2.75, 3.05) is 31.7 Å². The first-order valence-electron chi connectivity index (χ1n) is 4.94. The van der Waals surface area contributed by atoms with E-state index in [2.05, 4.69) is 32.7 Å². The summed E-state index contributed by atoms with van der Waals surface area (Å²) in [6.07, 6.45) is 1.21. The predicted molar refractivity (Wildman–Crippen MR) is 61.4 cm³/mol. The number of hydrogen-bond donors (Lipinski definition) is 1. The smallest absolute Gasteiger partial charge is 0.0609 e. The van der Waals surface area contributed by atoms with Crippen LogP contribution in [0.1, 0.15) is 27.2 Å². The molecule has 0 fully saturated rings. The summed E-state index contributed by atoms with van der Waals surface area (Å²) in [5, 5.41) is 9.12. The van der Waals surface area contributed by atoms with Crippen molar-refractivity contribution >= 4 is 11.8 Å². The van der Waals surface area contributed by atoms with Crippen LogP contribution in [0.4, 0.5) is 0 Å². The summed E-state index contributed by atoms with van der Waals surface area (Å²) in [6.45, 7) is 7.62. The van der Waals surface area contributed by atoms with Gasteiger partial charge in [0, 0.05) is 5.54 Å². The summed E-state index contributed by atoms with van der Waals surface area (Å²) in [5.74, 6) is 2.43. The van der Waals surface area contributed by atoms with Crippen molar-refractivity contribution in [3.8, 4) is 0 Å². The Morgan fingerprint density at radius 2 is 2.00 bits per heavy atom. The molecule has 1 N–H and O–H groups in total. The van der Waals surface area contributed by atoms with Gasteiger partial charge in [-0.15, -0.1) is 0 Å². The number of hydrogen-bond acceptors (Lipinski definition) is 3. The lowest BCUT2D eigenvalue weighted by Gasteiger charge is -2.33. The van der Waals surface area contributed by atoms with Crippen LogP contribution in [0.25, 0.3) is 0 Å². The molecular weight excluding hydrogens is 182 g/mol. The molecule has 0 saturated heterocycles. The third-order valence-electron chi connectivity index (χ3n) is 2.41. The average Bonchev–Trinajstić information content (AvgIpc) is 2.12. The van der Waals surface area contributed by atoms with Crippen LogP contribution < -0.4 is 0 Å². The third kappa shape index (κ3) is 5.55. The molecule has 0 bridgehead atoms. The second-order valence-corrected chi connectivity index (χ2v) is 5.34. The molecule has 2 nitrogen and oxygen atoms in total. The van der Waals surface area contributed by atoms with Crippen LogP contribution in [0.2, 0.25) is 0 Å². The Bertz CT molecular complexity index is 128. The van der Waals surface area contributed by atoms with Gasteiger partial charge in [-0.1, -0.05) is 6.92 Å². The van der Waals surface area contributed by atoms with Crippen LogP contribution in [0, 0.1) is 0 Å². The molecule has 0 aromatic carbocycles. The van der Waals surface area contributed by atoms with Crippen molar-refractivity contribution < 1.29 is 5.11 Å². The summed E-state index contributed by atoms with van der Waals surface area (Å²) in [4.78, 5) is 2.23. The third-order valence-corrected chi connectivity index (χ3v) is 3.39. The van der Waals surface area contributed by atoms with Crippen molar-refractivity contribution in [2.45, 2.75) is 32.7 Å². The van der Waals surface area contributed by atoms with Gasteiger partial charge in [0.15, 0.2) is 0 Å². The van der Waals surface area contributed by atoms with E-state index in [4.69, 9.17) is 5.11 Å². The molecule has 0 spiro atoms. The fourth-order valence-corrected chi connectivity index (χ4v) is 1.59. The maximum absolute atomic E-state index is 9.12. The van der Waals surface area contributed by atoms with Gasteiger partial charge in [-0.05, 0) is 45.4 Å². The summed E-state index contributed by atoms with van der Waals surface area (Å²) in [6, 6.07) is 0. The quantitative estimate of drug-likeness (QED) is 0.642. The van der Waals surface area contributed by atoms with E-state index in [0.717, 1.165) is 6.54 Å². The van der Waals surface area contributed by atoms with Gasteiger partial charge in [0.05, 0.1) is 6.61 Å². The minimum Gasteiger partial charge on any atom is -0.394 e. The van der Waals surface area contributed by atoms with Gasteiger partial charge in [0.2, 0.25) is 0 Å². The number of aliphatic hydroxyl groups is 1. The Kier molecular flexibility index (Phi) is 6.82. The summed E-state index contributed by atoms with van der Waals surface area (Å²) < 4.78 is 0. The van der Waals surface area contributed by atoms with Gasteiger partial charge in [-0.3, -0.25) is 4.90 Å². The Balaban J connectivity index is 3.55. The van der Waals surface area contributed by atoms with Gasteiger partial charge < -0.3 is 5.11 Å². The van der Waals surface area contributed by atoms with Crippen LogP contribution in [0.5, 0.6) is 0 Å². The maximum atomic E-state index is 9.12. The summed E-state index contributed by atoms with van der Waals surface area (Å²) in [7, 11) is 2.08. The predicted octanol–water partition coefficient (Wildman–Crippen LogP) is 1.83. The number of nitrogens with zero attached hydrogens (tertiary/aromatic N) is 1. The standard InChI is InChI=1S/C10H23NOS/c1-5-13-8-6-7-11(4)10(2,3)9-12/h12H,5-9H2,1-4H3. The Hall–Kier alpha value is 0.270. The molecule has 0 aliphatic heterocycles. The van der Waals surface area contributed by atoms with Crippen molar-refractivity contribution in [1.29, 1.82) is 0 Å². The molecule has 0 heterocycles. The van der Waals surface area contributed by atoms with Crippen LogP contribution in [0.15, 0.2) is 0 Å². The minimum absolute atomic E-state index is 0.0725. The number of thioether (sulfide) groups is 1. The molecule has 0 aromatic heterocycles. The van der Waals surface area contributed by atoms with E-state index < -0.39 is 0 Å². The Morgan fingerprint density at radius 1 is 1.38 bits per heavy atom. The van der Waals surface area contributed by atoms with E-state index in [0.29, 0.717) is 0 Å². The van der Waals surface area contributed by atoms with Gasteiger partial charge in [0.1, 0.15) is 0 Å². The molecule has 0 aliphatic carbocycles. The van der Waals surface area contributed by atoms with Gasteiger partial charge in [0.25, 0.3) is 0 Å². The molecule has 80 valence electrons. The van der Waals surface area contributed by atoms with Crippen molar-refractivity contribution in [2.24, 2.45) is 0 Å². The molecule has 0 atom stereocenters. The van der Waals surface area contributed by atoms with Crippen LogP contribution in [0.3, 0.4) is 0 Å². The summed E-state index contributed by atoms with van der Waals surface area (Å²) >= 11 is 1.98. The highest BCUT2D eigenvalue weighted by Crippen LogP contribution is 2.12. The van der Waals surface area contributed by atoms with Crippen molar-refractivity contribution in [3.63, 3.8) is 0 Å². The van der Waals surface area contributed by atoms with E-state index in [-0.39, 0.29) is 12.1 Å². The number of likely N-dealkylation sites (N-methyl/N-ethyl adjacent to an activating group) is 1. The second-order valence-electron chi connectivity index (χ2n) is 3.94. The molecule has 3 heteroatoms. The minimum atomic E-state index is -0.0725. The van der Waals surface area contributed by atoms with E-state index in [1.54, 1.807) is 0 Å². The Morgan fingerprint density at radius 3 is 2.46 bits per heavy atom. The SMILES string of the molecule is CCSCCCN(C)C(C)(C)CO. The molecule has 0 rings (SSSR count). The highest BCUT2D eigenvalue weighted by atomic mass is 32.2. The lowest BCUT2D eigenvalue weighted by Crippen LogP contribution is -2.44. The molecule has 0 aromatic rings. The first-order valence-corrected chi connectivity index (χ1v) is 6.10. The molecular formula is C10H23NOS. The van der Waals surface area contributed by atoms with Crippen LogP contribution in [-0.2, 0) is 0 Å². The zero-order chi connectivity index (χ0) is 10.3. The van der Waals surface area contributed by atoms with E-state index in [1.165, 1.54) is 17.9 Å². The maximum Gasteiger partial charge on any atom is 0.0609 e. The lowest BCUT2D eigenvalue weighted by atomic mass is 10.1. The van der Waals surface area contributed by atoms with E-state index >= 15 is 0 Å². The first kappa shape index (κ1) is 13.3. The Labute approximate surface area is 86.7 Å². The monoisotopic (exact) mass is 205 g/mol. The highest BCUT2D eigenvalue weighted by molar-refractivity contribution is 7.99. The second kappa shape index (κ2) is 6.68. The molecule has 0 amide bonds. The number of aliphatic hydroxyl groups excluding tert-OH is 1. The molecule has 0 aliphatic rings. The van der Waals surface area contributed by atoms with Gasteiger partial charge in [-0.2, -0.15) is 11.8 Å². The largest absolute Gasteiger partial charge is 0.394 e. The fraction of sp³-hybridized carbons (Fsp3) is 1.00. The molecule has 0 saturated carbocycles. The lowest BCUT2D eigenvalue weighted by molar-refractivity contribution is 0.0795. The van der Waals surface area contributed by atoms with Crippen molar-refractivity contribution in [1.82, 2.24) is 4.90 Å². The van der Waals surface area contributed by atoms with E-state index in [1.807, 2.05) is 11.8 Å². The number of rotatable bonds is 7. The first-order chi connectivity index (χ1) is 6.04. The molecule has 0 unspecified atom stereocenters. The van der Waals surface area contributed by atoms with Crippen LogP contribution >= 0.6 is 11.8 Å². The fourth-order valence-electron chi connectivity index (χ4n) is 0.971. The van der Waals surface area contributed by atoms with E-state index in [9.17, 15) is 0 Å². The normalized spacial score (nSPS) is 12.5. The van der Waals surface area contributed by atoms with Crippen molar-refractivity contribution in [3.05, 3.63) is 0 Å². The zero-order valence-corrected chi connectivity index (χ0v) is 10.2. The summed E-state index contributed by atoms with van der Waals surface area (Å²) in [5.41, 5.74) is -0.0725. The molecule has 13 heavy (non-hydrogen) atoms. The van der Waals surface area contributed by atoms with Gasteiger partial charge in [-0.25, -0.2) is 0 Å². The zero-order valence-electron chi connectivity index (χ0n) is 9.34. The van der Waals surface area contributed by atoms with Crippen LogP contribution in [-0.4, -0.2) is 47.3 Å². The topological polar surface area (TPSA) is 23.5 Å². The highest BCUT2D eigenvalue weighted by Gasteiger charge is 2.21.